The number of halogens is 2. The van der Waals surface area contributed by atoms with E-state index in [9.17, 15) is 8.78 Å². The number of hydrogen-bond acceptors (Lipinski definition) is 2. The maximum atomic E-state index is 13.4. The van der Waals surface area contributed by atoms with E-state index in [0.717, 1.165) is 5.56 Å². The van der Waals surface area contributed by atoms with E-state index >= 15 is 0 Å². The summed E-state index contributed by atoms with van der Waals surface area (Å²) >= 11 is 0. The van der Waals surface area contributed by atoms with Crippen molar-refractivity contribution in [1.82, 2.24) is 0 Å². The number of alkyl halides is 2. The van der Waals surface area contributed by atoms with Crippen molar-refractivity contribution in [3.63, 3.8) is 0 Å². The molecule has 1 aromatic rings. The Hall–Kier alpha value is -1.32. The molecule has 1 saturated carbocycles. The van der Waals surface area contributed by atoms with Crippen molar-refractivity contribution in [3.05, 3.63) is 23.8 Å². The number of ether oxygens (including phenoxy) is 2. The van der Waals surface area contributed by atoms with Crippen LogP contribution in [0.5, 0.6) is 11.5 Å². The fourth-order valence-electron chi connectivity index (χ4n) is 3.03. The molecule has 0 spiro atoms. The maximum absolute atomic E-state index is 13.4. The summed E-state index contributed by atoms with van der Waals surface area (Å²) < 4.78 is 37.5. The SMILES string of the molecule is COc1cccc([C@@H]2CCC(F)(F)CC2C)c1OC. The molecule has 1 aliphatic carbocycles. The van der Waals surface area contributed by atoms with Crippen molar-refractivity contribution in [2.24, 2.45) is 5.92 Å². The van der Waals surface area contributed by atoms with Crippen LogP contribution in [0.15, 0.2) is 18.2 Å². The van der Waals surface area contributed by atoms with E-state index in [1.807, 2.05) is 25.1 Å². The second kappa shape index (κ2) is 5.35. The molecule has 4 heteroatoms. The van der Waals surface area contributed by atoms with E-state index in [-0.39, 0.29) is 24.7 Å². The third kappa shape index (κ3) is 2.82. The van der Waals surface area contributed by atoms with Gasteiger partial charge in [0.25, 0.3) is 0 Å². The average Bonchev–Trinajstić information content (AvgIpc) is 2.36. The molecule has 0 heterocycles. The van der Waals surface area contributed by atoms with Gasteiger partial charge in [0.2, 0.25) is 5.92 Å². The van der Waals surface area contributed by atoms with Crippen LogP contribution in [0.4, 0.5) is 8.78 Å². The molecule has 2 atom stereocenters. The Labute approximate surface area is 112 Å². The second-order valence-electron chi connectivity index (χ2n) is 5.27. The molecule has 0 aliphatic heterocycles. The smallest absolute Gasteiger partial charge is 0.248 e. The van der Waals surface area contributed by atoms with Crippen molar-refractivity contribution >= 4 is 0 Å². The predicted molar refractivity (Wildman–Crippen MR) is 70.2 cm³/mol. The zero-order valence-electron chi connectivity index (χ0n) is 11.6. The summed E-state index contributed by atoms with van der Waals surface area (Å²) in [6.07, 6.45) is 0.373. The van der Waals surface area contributed by atoms with Crippen LogP contribution in [0.1, 0.15) is 37.7 Å². The fraction of sp³-hybridized carbons (Fsp3) is 0.600. The standard InChI is InChI=1S/C15H20F2O2/c1-10-9-15(16,17)8-7-11(10)12-5-4-6-13(18-2)14(12)19-3/h4-6,10-11H,7-9H2,1-3H3/t10?,11-/m1/s1. The normalized spacial score (nSPS) is 25.9. The van der Waals surface area contributed by atoms with E-state index < -0.39 is 5.92 Å². The van der Waals surface area contributed by atoms with E-state index in [2.05, 4.69) is 0 Å². The van der Waals surface area contributed by atoms with Crippen LogP contribution >= 0.6 is 0 Å². The van der Waals surface area contributed by atoms with Gasteiger partial charge >= 0.3 is 0 Å². The van der Waals surface area contributed by atoms with Gasteiger partial charge in [-0.1, -0.05) is 19.1 Å². The summed E-state index contributed by atoms with van der Waals surface area (Å²) in [4.78, 5) is 0. The van der Waals surface area contributed by atoms with Crippen molar-refractivity contribution in [3.8, 4) is 11.5 Å². The van der Waals surface area contributed by atoms with Gasteiger partial charge in [0.1, 0.15) is 0 Å². The van der Waals surface area contributed by atoms with Crippen molar-refractivity contribution in [2.45, 2.75) is 38.0 Å². The molecule has 0 N–H and O–H groups in total. The summed E-state index contributed by atoms with van der Waals surface area (Å²) in [7, 11) is 3.17. The summed E-state index contributed by atoms with van der Waals surface area (Å²) in [6.45, 7) is 1.89. The molecule has 106 valence electrons. The molecule has 0 aromatic heterocycles. The molecule has 1 aromatic carbocycles. The van der Waals surface area contributed by atoms with Gasteiger partial charge in [0, 0.05) is 18.4 Å². The maximum Gasteiger partial charge on any atom is 0.248 e. The molecule has 2 rings (SSSR count). The Kier molecular flexibility index (Phi) is 3.97. The Balaban J connectivity index is 2.32. The van der Waals surface area contributed by atoms with Gasteiger partial charge in [-0.15, -0.1) is 0 Å². The zero-order valence-corrected chi connectivity index (χ0v) is 11.6. The largest absolute Gasteiger partial charge is 0.493 e. The van der Waals surface area contributed by atoms with Crippen molar-refractivity contribution in [1.29, 1.82) is 0 Å². The van der Waals surface area contributed by atoms with E-state index in [1.165, 1.54) is 0 Å². The van der Waals surface area contributed by atoms with Gasteiger partial charge < -0.3 is 9.47 Å². The third-order valence-corrected chi connectivity index (χ3v) is 3.96. The first kappa shape index (κ1) is 14.1. The molecule has 0 saturated heterocycles. The summed E-state index contributed by atoms with van der Waals surface area (Å²) in [6, 6.07) is 5.66. The van der Waals surface area contributed by atoms with E-state index in [4.69, 9.17) is 9.47 Å². The lowest BCUT2D eigenvalue weighted by Crippen LogP contribution is -2.30. The first-order chi connectivity index (χ1) is 8.98. The quantitative estimate of drug-likeness (QED) is 0.817. The van der Waals surface area contributed by atoms with Crippen LogP contribution in [0.3, 0.4) is 0 Å². The Bertz CT molecular complexity index is 446. The number of rotatable bonds is 3. The van der Waals surface area contributed by atoms with Crippen molar-refractivity contribution in [2.75, 3.05) is 14.2 Å². The van der Waals surface area contributed by atoms with Gasteiger partial charge in [-0.05, 0) is 24.3 Å². The minimum absolute atomic E-state index is 0.0532. The topological polar surface area (TPSA) is 18.5 Å². The Morgan fingerprint density at radius 2 is 1.95 bits per heavy atom. The van der Waals surface area contributed by atoms with Crippen LogP contribution in [0.25, 0.3) is 0 Å². The van der Waals surface area contributed by atoms with Crippen molar-refractivity contribution < 1.29 is 18.3 Å². The molecule has 19 heavy (non-hydrogen) atoms. The van der Waals surface area contributed by atoms with Crippen LogP contribution in [0, 0.1) is 5.92 Å². The minimum atomic E-state index is -2.53. The fourth-order valence-corrected chi connectivity index (χ4v) is 3.03. The third-order valence-electron chi connectivity index (χ3n) is 3.96. The molecular formula is C15H20F2O2. The Morgan fingerprint density at radius 1 is 1.21 bits per heavy atom. The van der Waals surface area contributed by atoms with Crippen LogP contribution in [0.2, 0.25) is 0 Å². The molecule has 1 fully saturated rings. The first-order valence-electron chi connectivity index (χ1n) is 6.57. The highest BCUT2D eigenvalue weighted by Gasteiger charge is 2.40. The van der Waals surface area contributed by atoms with Gasteiger partial charge in [-0.25, -0.2) is 8.78 Å². The first-order valence-corrected chi connectivity index (χ1v) is 6.57. The molecular weight excluding hydrogens is 250 g/mol. The number of hydrogen-bond donors (Lipinski definition) is 0. The van der Waals surface area contributed by atoms with Gasteiger partial charge in [0.05, 0.1) is 14.2 Å². The van der Waals surface area contributed by atoms with Gasteiger partial charge in [-0.3, -0.25) is 0 Å². The lowest BCUT2D eigenvalue weighted by Gasteiger charge is -2.35. The highest BCUT2D eigenvalue weighted by Crippen LogP contribution is 2.48. The molecule has 0 amide bonds. The number of methoxy groups -OCH3 is 2. The minimum Gasteiger partial charge on any atom is -0.493 e. The Morgan fingerprint density at radius 3 is 2.53 bits per heavy atom. The highest BCUT2D eigenvalue weighted by atomic mass is 19.3. The van der Waals surface area contributed by atoms with Crippen LogP contribution in [-0.2, 0) is 0 Å². The van der Waals surface area contributed by atoms with Gasteiger partial charge in [0.15, 0.2) is 11.5 Å². The number of benzene rings is 1. The summed E-state index contributed by atoms with van der Waals surface area (Å²) in [5.41, 5.74) is 0.977. The average molecular weight is 270 g/mol. The van der Waals surface area contributed by atoms with Crippen LogP contribution in [-0.4, -0.2) is 20.1 Å². The van der Waals surface area contributed by atoms with Gasteiger partial charge in [-0.2, -0.15) is 0 Å². The van der Waals surface area contributed by atoms with E-state index in [0.29, 0.717) is 17.9 Å². The van der Waals surface area contributed by atoms with Crippen LogP contribution < -0.4 is 9.47 Å². The number of para-hydroxylation sites is 1. The lowest BCUT2D eigenvalue weighted by molar-refractivity contribution is -0.0557. The molecule has 1 aliphatic rings. The zero-order chi connectivity index (χ0) is 14.0. The summed E-state index contributed by atoms with van der Waals surface area (Å²) in [5.74, 6) is -1.16. The highest BCUT2D eigenvalue weighted by molar-refractivity contribution is 5.48. The summed E-state index contributed by atoms with van der Waals surface area (Å²) in [5, 5.41) is 0. The lowest BCUT2D eigenvalue weighted by atomic mass is 9.74. The van der Waals surface area contributed by atoms with E-state index in [1.54, 1.807) is 14.2 Å². The molecule has 0 radical (unpaired) electrons. The molecule has 2 nitrogen and oxygen atoms in total. The predicted octanol–water partition coefficient (Wildman–Crippen LogP) is 4.24. The second-order valence-corrected chi connectivity index (χ2v) is 5.27. The molecule has 1 unspecified atom stereocenters. The molecule has 0 bridgehead atoms. The monoisotopic (exact) mass is 270 g/mol.